The Balaban J connectivity index is 1.59. The predicted molar refractivity (Wildman–Crippen MR) is 95.2 cm³/mol. The second-order valence-corrected chi connectivity index (χ2v) is 9.30. The fourth-order valence-electron chi connectivity index (χ4n) is 3.80. The van der Waals surface area contributed by atoms with Crippen LogP contribution in [0.5, 0.6) is 0 Å². The first-order valence-corrected chi connectivity index (χ1v) is 10.1. The minimum atomic E-state index is -0.640. The number of hydrogen-bond donors (Lipinski definition) is 1. The number of carbonyl (C=O) groups is 3. The van der Waals surface area contributed by atoms with Crippen LogP contribution in [0.3, 0.4) is 0 Å². The maximum absolute atomic E-state index is 13.0. The number of ether oxygens (including phenoxy) is 1. The van der Waals surface area contributed by atoms with Crippen LogP contribution < -0.4 is 4.87 Å². The van der Waals surface area contributed by atoms with Crippen LogP contribution in [-0.2, 0) is 24.5 Å². The fraction of sp³-hybridized carbons (Fsp3) is 0.625. The summed E-state index contributed by atoms with van der Waals surface area (Å²) in [5.74, 6) is -1.49. The van der Waals surface area contributed by atoms with E-state index in [2.05, 4.69) is 4.98 Å². The molecule has 3 aliphatic rings. The Labute approximate surface area is 157 Å². The highest BCUT2D eigenvalue weighted by molar-refractivity contribution is 8.00. The maximum atomic E-state index is 13.0. The Morgan fingerprint density at radius 3 is 2.62 bits per heavy atom. The molecule has 0 bridgehead atoms. The number of imide groups is 1. The molecule has 26 heavy (non-hydrogen) atoms. The molecule has 0 aromatic carbocycles. The number of hydrogen-bond acceptors (Lipinski definition) is 7. The average Bonchev–Trinajstić information content (AvgIpc) is 3.09. The van der Waals surface area contributed by atoms with Gasteiger partial charge in [0.25, 0.3) is 0 Å². The maximum Gasteiger partial charge on any atom is 0.305 e. The van der Waals surface area contributed by atoms with Crippen LogP contribution in [0.4, 0.5) is 0 Å². The summed E-state index contributed by atoms with van der Waals surface area (Å²) in [4.78, 5) is 56.2. The number of aromatic nitrogens is 1. The monoisotopic (exact) mass is 397 g/mol. The van der Waals surface area contributed by atoms with Crippen LogP contribution in [0.15, 0.2) is 9.82 Å². The molecule has 1 N–H and O–H groups in total. The number of carbonyl (C=O) groups excluding carboxylic acids is 3. The Morgan fingerprint density at radius 2 is 1.92 bits per heavy atom. The number of thiazole rings is 1. The van der Waals surface area contributed by atoms with Gasteiger partial charge >= 0.3 is 4.87 Å². The molecule has 0 saturated carbocycles. The van der Waals surface area contributed by atoms with Crippen molar-refractivity contribution >= 4 is 40.8 Å². The number of likely N-dealkylation sites (tertiary alicyclic amines) is 1. The van der Waals surface area contributed by atoms with E-state index in [1.165, 1.54) is 11.8 Å². The molecule has 0 spiro atoms. The van der Waals surface area contributed by atoms with Crippen molar-refractivity contribution in [1.29, 1.82) is 0 Å². The summed E-state index contributed by atoms with van der Waals surface area (Å²) >= 11 is 2.31. The van der Waals surface area contributed by atoms with E-state index in [0.29, 0.717) is 31.3 Å². The molecule has 1 aromatic rings. The lowest BCUT2D eigenvalue weighted by atomic mass is 9.76. The second-order valence-electron chi connectivity index (χ2n) is 7.17. The number of thioether (sulfide) groups is 1. The van der Waals surface area contributed by atoms with Gasteiger partial charge in [-0.3, -0.25) is 24.1 Å². The van der Waals surface area contributed by atoms with Gasteiger partial charge in [-0.15, -0.1) is 0 Å². The molecule has 0 radical (unpaired) electrons. The van der Waals surface area contributed by atoms with Gasteiger partial charge in [0.2, 0.25) is 17.7 Å². The summed E-state index contributed by atoms with van der Waals surface area (Å²) in [6, 6.07) is 0. The van der Waals surface area contributed by atoms with Gasteiger partial charge in [0.15, 0.2) is 0 Å². The molecule has 8 nitrogen and oxygen atoms in total. The third-order valence-corrected chi connectivity index (χ3v) is 7.85. The zero-order valence-electron chi connectivity index (χ0n) is 14.4. The van der Waals surface area contributed by atoms with Crippen molar-refractivity contribution < 1.29 is 19.1 Å². The highest BCUT2D eigenvalue weighted by Crippen LogP contribution is 2.52. The number of nitrogens with one attached hydrogen (secondary N) is 1. The van der Waals surface area contributed by atoms with Crippen molar-refractivity contribution in [2.24, 2.45) is 5.92 Å². The second kappa shape index (κ2) is 6.21. The third kappa shape index (κ3) is 2.62. The molecule has 1 aromatic heterocycles. The van der Waals surface area contributed by atoms with Crippen molar-refractivity contribution in [3.63, 3.8) is 0 Å². The summed E-state index contributed by atoms with van der Waals surface area (Å²) in [5, 5.41) is 0.0569. The lowest BCUT2D eigenvalue weighted by Crippen LogP contribution is -2.47. The molecular weight excluding hydrogens is 378 g/mol. The van der Waals surface area contributed by atoms with Crippen molar-refractivity contribution in [1.82, 2.24) is 14.8 Å². The number of nitrogens with zero attached hydrogens (tertiary/aromatic N) is 2. The number of amides is 3. The average molecular weight is 397 g/mol. The minimum Gasteiger partial charge on any atom is -0.378 e. The minimum absolute atomic E-state index is 0.185. The third-order valence-electron chi connectivity index (χ3n) is 5.23. The highest BCUT2D eigenvalue weighted by Gasteiger charge is 2.59. The van der Waals surface area contributed by atoms with Gasteiger partial charge in [-0.05, 0) is 0 Å². The Bertz CT molecular complexity index is 839. The highest BCUT2D eigenvalue weighted by atomic mass is 32.2. The van der Waals surface area contributed by atoms with Crippen LogP contribution in [0, 0.1) is 5.92 Å². The SMILES string of the molecule is CC1(C)c2sc(=O)[nH]c2S[C@@H]2C(=O)N(CC(=O)N3CCOCC3)C(=O)[C@@H]21. The summed E-state index contributed by atoms with van der Waals surface area (Å²) < 4.78 is 5.23. The molecule has 0 aliphatic carbocycles. The summed E-state index contributed by atoms with van der Waals surface area (Å²) in [7, 11) is 0. The number of rotatable bonds is 2. The lowest BCUT2D eigenvalue weighted by Gasteiger charge is -2.36. The molecule has 3 aliphatic heterocycles. The largest absolute Gasteiger partial charge is 0.378 e. The quantitative estimate of drug-likeness (QED) is 0.707. The molecule has 10 heteroatoms. The van der Waals surface area contributed by atoms with Crippen molar-refractivity contribution in [3.05, 3.63) is 14.5 Å². The number of morpholine rings is 1. The van der Waals surface area contributed by atoms with E-state index in [1.54, 1.807) is 4.90 Å². The first-order valence-electron chi connectivity index (χ1n) is 8.41. The van der Waals surface area contributed by atoms with E-state index in [4.69, 9.17) is 4.74 Å². The van der Waals surface area contributed by atoms with E-state index in [0.717, 1.165) is 21.1 Å². The molecule has 3 amide bonds. The van der Waals surface area contributed by atoms with E-state index in [9.17, 15) is 19.2 Å². The van der Waals surface area contributed by atoms with Crippen molar-refractivity contribution in [3.8, 4) is 0 Å². The molecule has 2 fully saturated rings. The van der Waals surface area contributed by atoms with Crippen LogP contribution >= 0.6 is 23.1 Å². The molecule has 4 heterocycles. The van der Waals surface area contributed by atoms with Crippen LogP contribution in [0.1, 0.15) is 18.7 Å². The topological polar surface area (TPSA) is 99.8 Å². The zero-order chi connectivity index (χ0) is 18.6. The number of aromatic amines is 1. The van der Waals surface area contributed by atoms with E-state index < -0.39 is 16.6 Å². The molecule has 140 valence electrons. The normalized spacial score (nSPS) is 27.5. The fourth-order valence-corrected chi connectivity index (χ4v) is 6.60. The van der Waals surface area contributed by atoms with Gasteiger partial charge in [-0.1, -0.05) is 36.9 Å². The summed E-state index contributed by atoms with van der Waals surface area (Å²) in [6.45, 7) is 5.41. The van der Waals surface area contributed by atoms with Gasteiger partial charge in [-0.2, -0.15) is 0 Å². The summed E-state index contributed by atoms with van der Waals surface area (Å²) in [6.07, 6.45) is 0. The van der Waals surface area contributed by atoms with Crippen LogP contribution in [0.25, 0.3) is 0 Å². The Morgan fingerprint density at radius 1 is 1.23 bits per heavy atom. The van der Waals surface area contributed by atoms with Gasteiger partial charge in [0.05, 0.1) is 24.2 Å². The van der Waals surface area contributed by atoms with E-state index in [-0.39, 0.29) is 29.1 Å². The van der Waals surface area contributed by atoms with E-state index >= 15 is 0 Å². The van der Waals surface area contributed by atoms with Gasteiger partial charge in [0.1, 0.15) is 11.8 Å². The van der Waals surface area contributed by atoms with Gasteiger partial charge in [-0.25, -0.2) is 0 Å². The van der Waals surface area contributed by atoms with Crippen molar-refractivity contribution in [2.45, 2.75) is 29.5 Å². The van der Waals surface area contributed by atoms with Crippen molar-refractivity contribution in [2.75, 3.05) is 32.8 Å². The first kappa shape index (κ1) is 17.7. The molecule has 2 atom stereocenters. The Kier molecular flexibility index (Phi) is 4.24. The van der Waals surface area contributed by atoms with Crippen LogP contribution in [0.2, 0.25) is 0 Å². The summed E-state index contributed by atoms with van der Waals surface area (Å²) in [5.41, 5.74) is -0.640. The number of H-pyrrole nitrogens is 1. The zero-order valence-corrected chi connectivity index (χ0v) is 16.1. The predicted octanol–water partition coefficient (Wildman–Crippen LogP) is 0.0321. The van der Waals surface area contributed by atoms with Gasteiger partial charge in [0, 0.05) is 23.4 Å². The standard InChI is InChI=1S/C16H19N3O5S2/c1-16(2)9-10(25-12-11(16)26-15(23)17-12)14(22)19(13(9)21)7-8(20)18-3-5-24-6-4-18/h9-10H,3-7H2,1-2H3,(H,17,23)/t9-,10+/m1/s1. The number of fused-ring (bicyclic) bond motifs is 2. The first-order chi connectivity index (χ1) is 12.3. The molecule has 0 unspecified atom stereocenters. The lowest BCUT2D eigenvalue weighted by molar-refractivity contribution is -0.148. The molecule has 2 saturated heterocycles. The molecular formula is C16H19N3O5S2. The van der Waals surface area contributed by atoms with E-state index in [1.807, 2.05) is 13.8 Å². The van der Waals surface area contributed by atoms with Crippen LogP contribution in [-0.4, -0.2) is 70.6 Å². The smallest absolute Gasteiger partial charge is 0.305 e. The van der Waals surface area contributed by atoms with Gasteiger partial charge < -0.3 is 14.6 Å². The Hall–Kier alpha value is -1.65. The molecule has 4 rings (SSSR count).